The highest BCUT2D eigenvalue weighted by molar-refractivity contribution is 7.99. The van der Waals surface area contributed by atoms with Crippen LogP contribution in [-0.2, 0) is 5.75 Å². The molecule has 90 valence electrons. The van der Waals surface area contributed by atoms with Gasteiger partial charge < -0.3 is 5.11 Å². The fourth-order valence-electron chi connectivity index (χ4n) is 1.76. The molecule has 0 aromatic heterocycles. The van der Waals surface area contributed by atoms with Crippen molar-refractivity contribution in [2.75, 3.05) is 0 Å². The second-order valence-electron chi connectivity index (χ2n) is 4.29. The number of hydrogen-bond acceptors (Lipinski definition) is 2. The van der Waals surface area contributed by atoms with Gasteiger partial charge in [-0.25, -0.2) is 0 Å². The maximum atomic E-state index is 9.43. The van der Waals surface area contributed by atoms with Gasteiger partial charge >= 0.3 is 0 Å². The van der Waals surface area contributed by atoms with Gasteiger partial charge in [0.15, 0.2) is 0 Å². The Balaban J connectivity index is 2.37. The fourth-order valence-corrected chi connectivity index (χ4v) is 3.20. The van der Waals surface area contributed by atoms with Crippen LogP contribution in [0.25, 0.3) is 0 Å². The van der Waals surface area contributed by atoms with Gasteiger partial charge in [-0.2, -0.15) is 11.8 Å². The molecule has 1 aromatic carbocycles. The normalized spacial score (nSPS) is 14.7. The molecule has 0 fully saturated rings. The molecule has 1 rings (SSSR count). The van der Waals surface area contributed by atoms with Gasteiger partial charge in [-0.15, -0.1) is 0 Å². The Bertz CT molecular complexity index is 271. The molecule has 0 amide bonds. The number of thioether (sulfide) groups is 1. The van der Waals surface area contributed by atoms with Gasteiger partial charge in [-0.1, -0.05) is 43.7 Å². The number of aliphatic hydroxyl groups is 1. The monoisotopic (exact) mass is 238 g/mol. The molecule has 0 aliphatic heterocycles. The summed E-state index contributed by atoms with van der Waals surface area (Å²) in [5.74, 6) is 1.05. The smallest absolute Gasteiger partial charge is 0.0522 e. The third kappa shape index (κ3) is 5.57. The molecule has 1 aromatic rings. The Morgan fingerprint density at radius 1 is 1.25 bits per heavy atom. The highest BCUT2D eigenvalue weighted by Crippen LogP contribution is 2.25. The van der Waals surface area contributed by atoms with E-state index in [9.17, 15) is 5.11 Å². The van der Waals surface area contributed by atoms with Crippen molar-refractivity contribution in [3.63, 3.8) is 0 Å². The van der Waals surface area contributed by atoms with E-state index in [1.165, 1.54) is 18.4 Å². The van der Waals surface area contributed by atoms with E-state index in [0.29, 0.717) is 5.25 Å². The van der Waals surface area contributed by atoms with Crippen LogP contribution in [0.3, 0.4) is 0 Å². The van der Waals surface area contributed by atoms with E-state index in [-0.39, 0.29) is 6.10 Å². The Kier molecular flexibility index (Phi) is 6.58. The van der Waals surface area contributed by atoms with Gasteiger partial charge in [-0.05, 0) is 25.3 Å². The standard InChI is InChI=1S/C14H22OS/c1-3-7-14(10-12(2)15)16-11-13-8-5-4-6-9-13/h4-6,8-9,12,14-15H,3,7,10-11H2,1-2H3. The first-order valence-corrected chi connectivity index (χ1v) is 7.10. The van der Waals surface area contributed by atoms with Crippen molar-refractivity contribution in [3.8, 4) is 0 Å². The van der Waals surface area contributed by atoms with Crippen LogP contribution >= 0.6 is 11.8 Å². The van der Waals surface area contributed by atoms with Crippen LogP contribution in [0.4, 0.5) is 0 Å². The Hall–Kier alpha value is -0.470. The van der Waals surface area contributed by atoms with Gasteiger partial charge in [0, 0.05) is 11.0 Å². The van der Waals surface area contributed by atoms with Crippen molar-refractivity contribution < 1.29 is 5.11 Å². The minimum atomic E-state index is -0.181. The maximum Gasteiger partial charge on any atom is 0.0522 e. The molecule has 0 saturated carbocycles. The van der Waals surface area contributed by atoms with Crippen LogP contribution in [0, 0.1) is 0 Å². The summed E-state index contributed by atoms with van der Waals surface area (Å²) in [5, 5.41) is 10.0. The molecule has 1 N–H and O–H groups in total. The van der Waals surface area contributed by atoms with Crippen molar-refractivity contribution in [2.45, 2.75) is 50.2 Å². The van der Waals surface area contributed by atoms with E-state index in [4.69, 9.17) is 0 Å². The Morgan fingerprint density at radius 3 is 2.50 bits per heavy atom. The highest BCUT2D eigenvalue weighted by Gasteiger charge is 2.11. The molecular weight excluding hydrogens is 216 g/mol. The Labute approximate surface area is 103 Å². The van der Waals surface area contributed by atoms with Gasteiger partial charge in [0.1, 0.15) is 0 Å². The SMILES string of the molecule is CCCC(CC(C)O)SCc1ccccc1. The molecule has 0 spiro atoms. The number of aliphatic hydroxyl groups excluding tert-OH is 1. The first-order chi connectivity index (χ1) is 7.72. The molecule has 0 heterocycles. The highest BCUT2D eigenvalue weighted by atomic mass is 32.2. The summed E-state index contributed by atoms with van der Waals surface area (Å²) >= 11 is 1.97. The van der Waals surface area contributed by atoms with Crippen molar-refractivity contribution in [2.24, 2.45) is 0 Å². The lowest BCUT2D eigenvalue weighted by molar-refractivity contribution is 0.182. The molecule has 16 heavy (non-hydrogen) atoms. The number of hydrogen-bond donors (Lipinski definition) is 1. The van der Waals surface area contributed by atoms with Crippen molar-refractivity contribution >= 4 is 11.8 Å². The summed E-state index contributed by atoms with van der Waals surface area (Å²) in [6.07, 6.45) is 3.12. The number of benzene rings is 1. The summed E-state index contributed by atoms with van der Waals surface area (Å²) < 4.78 is 0. The zero-order valence-electron chi connectivity index (χ0n) is 10.2. The van der Waals surface area contributed by atoms with E-state index in [0.717, 1.165) is 12.2 Å². The van der Waals surface area contributed by atoms with Gasteiger partial charge in [0.05, 0.1) is 6.10 Å². The lowest BCUT2D eigenvalue weighted by Gasteiger charge is -2.17. The zero-order chi connectivity index (χ0) is 11.8. The van der Waals surface area contributed by atoms with Crippen LogP contribution in [0.5, 0.6) is 0 Å². The van der Waals surface area contributed by atoms with Gasteiger partial charge in [0.25, 0.3) is 0 Å². The summed E-state index contributed by atoms with van der Waals surface area (Å²) in [4.78, 5) is 0. The predicted octanol–water partition coefficient (Wildman–Crippen LogP) is 3.86. The lowest BCUT2D eigenvalue weighted by atomic mass is 10.1. The zero-order valence-corrected chi connectivity index (χ0v) is 11.0. The molecule has 1 nitrogen and oxygen atoms in total. The fraction of sp³-hybridized carbons (Fsp3) is 0.571. The molecule has 2 atom stereocenters. The molecule has 0 aliphatic carbocycles. The van der Waals surface area contributed by atoms with Crippen molar-refractivity contribution in [1.29, 1.82) is 0 Å². The Morgan fingerprint density at radius 2 is 1.94 bits per heavy atom. The first-order valence-electron chi connectivity index (χ1n) is 6.06. The third-order valence-corrected chi connectivity index (χ3v) is 3.94. The predicted molar refractivity (Wildman–Crippen MR) is 72.7 cm³/mol. The van der Waals surface area contributed by atoms with Crippen LogP contribution in [0.2, 0.25) is 0 Å². The second-order valence-corrected chi connectivity index (χ2v) is 5.58. The van der Waals surface area contributed by atoms with Crippen LogP contribution in [0.15, 0.2) is 30.3 Å². The topological polar surface area (TPSA) is 20.2 Å². The molecule has 0 aliphatic rings. The molecule has 0 bridgehead atoms. The van der Waals surface area contributed by atoms with E-state index in [1.807, 2.05) is 24.8 Å². The van der Waals surface area contributed by atoms with Crippen molar-refractivity contribution in [1.82, 2.24) is 0 Å². The second kappa shape index (κ2) is 7.75. The molecule has 2 heteroatoms. The molecule has 0 radical (unpaired) electrons. The minimum absolute atomic E-state index is 0.181. The summed E-state index contributed by atoms with van der Waals surface area (Å²) in [7, 11) is 0. The van der Waals surface area contributed by atoms with Gasteiger partial charge in [0.2, 0.25) is 0 Å². The maximum absolute atomic E-state index is 9.43. The quantitative estimate of drug-likeness (QED) is 0.778. The van der Waals surface area contributed by atoms with Crippen LogP contribution in [0.1, 0.15) is 38.7 Å². The largest absolute Gasteiger partial charge is 0.393 e. The van der Waals surface area contributed by atoms with E-state index >= 15 is 0 Å². The summed E-state index contributed by atoms with van der Waals surface area (Å²) in [6, 6.07) is 10.5. The minimum Gasteiger partial charge on any atom is -0.393 e. The van der Waals surface area contributed by atoms with E-state index in [1.54, 1.807) is 0 Å². The molecule has 0 saturated heterocycles. The molecule has 2 unspecified atom stereocenters. The lowest BCUT2D eigenvalue weighted by Crippen LogP contribution is -2.12. The molecular formula is C14H22OS. The summed E-state index contributed by atoms with van der Waals surface area (Å²) in [5.41, 5.74) is 1.37. The van der Waals surface area contributed by atoms with Crippen LogP contribution < -0.4 is 0 Å². The van der Waals surface area contributed by atoms with Crippen LogP contribution in [-0.4, -0.2) is 16.5 Å². The van der Waals surface area contributed by atoms with Gasteiger partial charge in [-0.3, -0.25) is 0 Å². The summed E-state index contributed by atoms with van der Waals surface area (Å²) in [6.45, 7) is 4.09. The average molecular weight is 238 g/mol. The first kappa shape index (κ1) is 13.6. The van der Waals surface area contributed by atoms with Crippen molar-refractivity contribution in [3.05, 3.63) is 35.9 Å². The van der Waals surface area contributed by atoms with E-state index < -0.39 is 0 Å². The van der Waals surface area contributed by atoms with E-state index in [2.05, 4.69) is 31.2 Å². The average Bonchev–Trinajstić information content (AvgIpc) is 2.27. The third-order valence-electron chi connectivity index (χ3n) is 2.54. The number of rotatable bonds is 7.